The largest absolute Gasteiger partial charge is 0.488 e. The lowest BCUT2D eigenvalue weighted by Crippen LogP contribution is -2.31. The zero-order valence-corrected chi connectivity index (χ0v) is 12.5. The Bertz CT molecular complexity index is 629. The SMILES string of the molecule is C[C@@H](NCC1Cc2cc(Cl)ccc2O1)c1ccc(F)cc1. The van der Waals surface area contributed by atoms with Crippen LogP contribution >= 0.6 is 11.6 Å². The summed E-state index contributed by atoms with van der Waals surface area (Å²) in [5.41, 5.74) is 2.22. The van der Waals surface area contributed by atoms with Gasteiger partial charge in [0.25, 0.3) is 0 Å². The van der Waals surface area contributed by atoms with Gasteiger partial charge in [-0.3, -0.25) is 0 Å². The molecule has 0 aromatic heterocycles. The maximum Gasteiger partial charge on any atom is 0.123 e. The van der Waals surface area contributed by atoms with Gasteiger partial charge in [-0.25, -0.2) is 4.39 Å². The minimum absolute atomic E-state index is 0.112. The Kier molecular flexibility index (Phi) is 4.13. The van der Waals surface area contributed by atoms with Crippen molar-refractivity contribution < 1.29 is 9.13 Å². The highest BCUT2D eigenvalue weighted by Gasteiger charge is 2.23. The van der Waals surface area contributed by atoms with E-state index < -0.39 is 0 Å². The molecule has 1 N–H and O–H groups in total. The molecule has 21 heavy (non-hydrogen) atoms. The Morgan fingerprint density at radius 1 is 1.29 bits per heavy atom. The first-order chi connectivity index (χ1) is 10.1. The highest BCUT2D eigenvalue weighted by Crippen LogP contribution is 2.31. The Balaban J connectivity index is 1.56. The van der Waals surface area contributed by atoms with E-state index in [-0.39, 0.29) is 18.0 Å². The molecule has 0 amide bonds. The molecule has 2 aromatic rings. The Labute approximate surface area is 128 Å². The van der Waals surface area contributed by atoms with Crippen LogP contribution in [0.4, 0.5) is 4.39 Å². The van der Waals surface area contributed by atoms with Crippen molar-refractivity contribution in [2.24, 2.45) is 0 Å². The van der Waals surface area contributed by atoms with E-state index in [9.17, 15) is 4.39 Å². The molecule has 4 heteroatoms. The predicted molar refractivity (Wildman–Crippen MR) is 82.4 cm³/mol. The fraction of sp³-hybridized carbons (Fsp3) is 0.294. The van der Waals surface area contributed by atoms with E-state index in [1.165, 1.54) is 12.1 Å². The van der Waals surface area contributed by atoms with E-state index in [2.05, 4.69) is 12.2 Å². The first-order valence-electron chi connectivity index (χ1n) is 7.06. The fourth-order valence-electron chi connectivity index (χ4n) is 2.58. The Morgan fingerprint density at radius 3 is 2.81 bits per heavy atom. The van der Waals surface area contributed by atoms with Crippen LogP contribution < -0.4 is 10.1 Å². The van der Waals surface area contributed by atoms with E-state index in [4.69, 9.17) is 16.3 Å². The number of benzene rings is 2. The molecule has 110 valence electrons. The average Bonchev–Trinajstić information content (AvgIpc) is 2.87. The molecular weight excluding hydrogens is 289 g/mol. The van der Waals surface area contributed by atoms with Crippen LogP contribution in [0.25, 0.3) is 0 Å². The molecule has 1 heterocycles. The first kappa shape index (κ1) is 14.4. The number of fused-ring (bicyclic) bond motifs is 1. The third-order valence-corrected chi connectivity index (χ3v) is 4.02. The van der Waals surface area contributed by atoms with Crippen molar-refractivity contribution in [2.75, 3.05) is 6.54 Å². The van der Waals surface area contributed by atoms with Crippen LogP contribution in [-0.2, 0) is 6.42 Å². The summed E-state index contributed by atoms with van der Waals surface area (Å²) in [5, 5.41) is 4.17. The Morgan fingerprint density at radius 2 is 2.05 bits per heavy atom. The lowest BCUT2D eigenvalue weighted by molar-refractivity contribution is 0.222. The van der Waals surface area contributed by atoms with Gasteiger partial charge in [0.1, 0.15) is 17.7 Å². The molecule has 0 saturated carbocycles. The van der Waals surface area contributed by atoms with Crippen molar-refractivity contribution in [3.63, 3.8) is 0 Å². The van der Waals surface area contributed by atoms with Gasteiger partial charge in [0, 0.05) is 24.0 Å². The summed E-state index contributed by atoms with van der Waals surface area (Å²) < 4.78 is 18.8. The maximum absolute atomic E-state index is 12.9. The third kappa shape index (κ3) is 3.36. The van der Waals surface area contributed by atoms with Crippen molar-refractivity contribution in [1.82, 2.24) is 5.32 Å². The van der Waals surface area contributed by atoms with Gasteiger partial charge in [0.15, 0.2) is 0 Å². The maximum atomic E-state index is 12.9. The topological polar surface area (TPSA) is 21.3 Å². The van der Waals surface area contributed by atoms with Gasteiger partial charge in [-0.2, -0.15) is 0 Å². The van der Waals surface area contributed by atoms with Crippen molar-refractivity contribution in [3.8, 4) is 5.75 Å². The number of hydrogen-bond donors (Lipinski definition) is 1. The summed E-state index contributed by atoms with van der Waals surface area (Å²) in [6, 6.07) is 12.4. The molecule has 1 aliphatic rings. The molecular formula is C17H17ClFNO. The van der Waals surface area contributed by atoms with Gasteiger partial charge in [-0.05, 0) is 48.4 Å². The van der Waals surface area contributed by atoms with Gasteiger partial charge in [0.2, 0.25) is 0 Å². The molecule has 1 unspecified atom stereocenters. The van der Waals surface area contributed by atoms with E-state index in [1.54, 1.807) is 12.1 Å². The second-order valence-electron chi connectivity index (χ2n) is 5.38. The summed E-state index contributed by atoms with van der Waals surface area (Å²) in [5.74, 6) is 0.707. The minimum Gasteiger partial charge on any atom is -0.488 e. The molecule has 0 fully saturated rings. The summed E-state index contributed by atoms with van der Waals surface area (Å²) in [6.45, 7) is 2.80. The summed E-state index contributed by atoms with van der Waals surface area (Å²) >= 11 is 5.99. The molecule has 2 atom stereocenters. The summed E-state index contributed by atoms with van der Waals surface area (Å²) in [6.07, 6.45) is 0.973. The lowest BCUT2D eigenvalue weighted by atomic mass is 10.1. The molecule has 0 aliphatic carbocycles. The molecule has 2 nitrogen and oxygen atoms in total. The number of halogens is 2. The van der Waals surface area contributed by atoms with Crippen LogP contribution in [0.2, 0.25) is 5.02 Å². The molecule has 0 bridgehead atoms. The second-order valence-corrected chi connectivity index (χ2v) is 5.81. The second kappa shape index (κ2) is 6.04. The molecule has 3 rings (SSSR count). The normalized spacial score (nSPS) is 18.1. The lowest BCUT2D eigenvalue weighted by Gasteiger charge is -2.17. The van der Waals surface area contributed by atoms with Crippen LogP contribution in [-0.4, -0.2) is 12.6 Å². The van der Waals surface area contributed by atoms with Crippen LogP contribution in [0.5, 0.6) is 5.75 Å². The fourth-order valence-corrected chi connectivity index (χ4v) is 2.78. The average molecular weight is 306 g/mol. The molecule has 0 radical (unpaired) electrons. The van der Waals surface area contributed by atoms with Crippen LogP contribution in [0.15, 0.2) is 42.5 Å². The van der Waals surface area contributed by atoms with Gasteiger partial charge in [0.05, 0.1) is 0 Å². The van der Waals surface area contributed by atoms with Crippen LogP contribution in [0.1, 0.15) is 24.1 Å². The van der Waals surface area contributed by atoms with Crippen molar-refractivity contribution in [1.29, 1.82) is 0 Å². The molecule has 2 aromatic carbocycles. The number of hydrogen-bond acceptors (Lipinski definition) is 2. The standard InChI is InChI=1S/C17H17ClFNO/c1-11(12-2-5-15(19)6-3-12)20-10-16-9-13-8-14(18)4-7-17(13)21-16/h2-8,11,16,20H,9-10H2,1H3/t11-,16?/m1/s1. The molecule has 1 aliphatic heterocycles. The highest BCUT2D eigenvalue weighted by molar-refractivity contribution is 6.30. The molecule has 0 spiro atoms. The quantitative estimate of drug-likeness (QED) is 0.917. The van der Waals surface area contributed by atoms with Crippen molar-refractivity contribution >= 4 is 11.6 Å². The zero-order chi connectivity index (χ0) is 14.8. The van der Waals surface area contributed by atoms with Gasteiger partial charge < -0.3 is 10.1 Å². The predicted octanol–water partition coefficient (Wildman–Crippen LogP) is 4.13. The van der Waals surface area contributed by atoms with Crippen molar-refractivity contribution in [3.05, 3.63) is 64.4 Å². The minimum atomic E-state index is -0.211. The van der Waals surface area contributed by atoms with Gasteiger partial charge in [-0.15, -0.1) is 0 Å². The highest BCUT2D eigenvalue weighted by atomic mass is 35.5. The first-order valence-corrected chi connectivity index (χ1v) is 7.43. The van der Waals surface area contributed by atoms with E-state index in [0.29, 0.717) is 0 Å². The van der Waals surface area contributed by atoms with Crippen LogP contribution in [0, 0.1) is 5.82 Å². The number of nitrogens with one attached hydrogen (secondary N) is 1. The van der Waals surface area contributed by atoms with Crippen molar-refractivity contribution in [2.45, 2.75) is 25.5 Å². The molecule has 0 saturated heterocycles. The van der Waals surface area contributed by atoms with E-state index in [1.807, 2.05) is 18.2 Å². The monoisotopic (exact) mass is 305 g/mol. The van der Waals surface area contributed by atoms with Gasteiger partial charge >= 0.3 is 0 Å². The third-order valence-electron chi connectivity index (χ3n) is 3.79. The van der Waals surface area contributed by atoms with Gasteiger partial charge in [-0.1, -0.05) is 23.7 Å². The van der Waals surface area contributed by atoms with Crippen LogP contribution in [0.3, 0.4) is 0 Å². The number of ether oxygens (including phenoxy) is 1. The summed E-state index contributed by atoms with van der Waals surface area (Å²) in [7, 11) is 0. The number of rotatable bonds is 4. The summed E-state index contributed by atoms with van der Waals surface area (Å²) in [4.78, 5) is 0. The smallest absolute Gasteiger partial charge is 0.123 e. The zero-order valence-electron chi connectivity index (χ0n) is 11.8. The van der Waals surface area contributed by atoms with E-state index in [0.717, 1.165) is 34.9 Å². The Hall–Kier alpha value is -1.58. The van der Waals surface area contributed by atoms with E-state index >= 15 is 0 Å².